The highest BCUT2D eigenvalue weighted by molar-refractivity contribution is 6.00. The van der Waals surface area contributed by atoms with E-state index in [2.05, 4.69) is 39.5 Å². The molecule has 0 spiro atoms. The highest BCUT2D eigenvalue weighted by Gasteiger charge is 2.19. The molecule has 5 nitrogen and oxygen atoms in total. The lowest BCUT2D eigenvalue weighted by Crippen LogP contribution is -2.42. The van der Waals surface area contributed by atoms with Crippen molar-refractivity contribution in [2.24, 2.45) is 0 Å². The fraction of sp³-hybridized carbons (Fsp3) is 0.250. The molecule has 1 aliphatic heterocycles. The van der Waals surface area contributed by atoms with Crippen molar-refractivity contribution in [3.05, 3.63) is 89.7 Å². The molecule has 1 unspecified atom stereocenters. The molecular formula is C24H25N3O2. The van der Waals surface area contributed by atoms with Crippen molar-refractivity contribution in [2.75, 3.05) is 19.6 Å². The van der Waals surface area contributed by atoms with Gasteiger partial charge in [-0.15, -0.1) is 0 Å². The molecule has 0 saturated heterocycles. The van der Waals surface area contributed by atoms with E-state index in [1.165, 1.54) is 11.1 Å². The summed E-state index contributed by atoms with van der Waals surface area (Å²) in [5.74, 6) is -0.188. The summed E-state index contributed by atoms with van der Waals surface area (Å²) in [6, 6.07) is 19.7. The molecule has 1 amide bonds. The first-order chi connectivity index (χ1) is 14.2. The Balaban J connectivity index is 1.35. The van der Waals surface area contributed by atoms with Gasteiger partial charge < -0.3 is 10.4 Å². The van der Waals surface area contributed by atoms with Crippen molar-refractivity contribution in [1.29, 1.82) is 0 Å². The lowest BCUT2D eigenvalue weighted by molar-refractivity contribution is 0.0842. The number of aromatic nitrogens is 1. The van der Waals surface area contributed by atoms with E-state index in [0.717, 1.165) is 30.6 Å². The molecule has 0 radical (unpaired) electrons. The molecule has 29 heavy (non-hydrogen) atoms. The Hall–Kier alpha value is -3.02. The molecule has 2 aromatic carbocycles. The highest BCUT2D eigenvalue weighted by Crippen LogP contribution is 2.22. The number of benzene rings is 2. The summed E-state index contributed by atoms with van der Waals surface area (Å²) in [6.45, 7) is 2.52. The SMILES string of the molecule is O=C(NCC(O)CN1CCc2ccccc2C1)c1ccccc1-c1cccnc1. The minimum absolute atomic E-state index is 0.188. The number of β-amino-alcohol motifs (C(OH)–C–C–N with tert-alkyl or cyclic N) is 1. The van der Waals surface area contributed by atoms with Gasteiger partial charge in [0.25, 0.3) is 5.91 Å². The average Bonchev–Trinajstić information content (AvgIpc) is 2.78. The number of carbonyl (C=O) groups is 1. The summed E-state index contributed by atoms with van der Waals surface area (Å²) in [4.78, 5) is 19.1. The van der Waals surface area contributed by atoms with Crippen LogP contribution in [-0.2, 0) is 13.0 Å². The van der Waals surface area contributed by atoms with Gasteiger partial charge in [0.15, 0.2) is 0 Å². The molecule has 3 aromatic rings. The van der Waals surface area contributed by atoms with E-state index in [-0.39, 0.29) is 12.5 Å². The van der Waals surface area contributed by atoms with Crippen LogP contribution in [0.1, 0.15) is 21.5 Å². The Morgan fingerprint density at radius 2 is 1.86 bits per heavy atom. The topological polar surface area (TPSA) is 65.5 Å². The second-order valence-corrected chi connectivity index (χ2v) is 7.40. The van der Waals surface area contributed by atoms with Crippen molar-refractivity contribution >= 4 is 5.91 Å². The van der Waals surface area contributed by atoms with Gasteiger partial charge in [-0.2, -0.15) is 0 Å². The van der Waals surface area contributed by atoms with Crippen LogP contribution in [0.25, 0.3) is 11.1 Å². The van der Waals surface area contributed by atoms with E-state index in [1.807, 2.05) is 30.3 Å². The molecule has 0 saturated carbocycles. The predicted molar refractivity (Wildman–Crippen MR) is 113 cm³/mol. The monoisotopic (exact) mass is 387 g/mol. The molecule has 1 aromatic heterocycles. The van der Waals surface area contributed by atoms with Crippen molar-refractivity contribution in [2.45, 2.75) is 19.1 Å². The molecule has 0 fully saturated rings. The van der Waals surface area contributed by atoms with Gasteiger partial charge in [-0.3, -0.25) is 14.7 Å². The normalized spacial score (nSPS) is 14.8. The Bertz CT molecular complexity index is 975. The standard InChI is InChI=1S/C24H25N3O2/c28-21(17-27-13-11-18-6-1-2-7-20(18)16-27)15-26-24(29)23-10-4-3-9-22(23)19-8-5-12-25-14-19/h1-10,12,14,21,28H,11,13,15-17H2,(H,26,29). The van der Waals surface area contributed by atoms with Crippen molar-refractivity contribution in [3.63, 3.8) is 0 Å². The maximum Gasteiger partial charge on any atom is 0.252 e. The second-order valence-electron chi connectivity index (χ2n) is 7.40. The molecule has 4 rings (SSSR count). The third kappa shape index (κ3) is 4.70. The molecule has 1 atom stereocenters. The number of aliphatic hydroxyl groups is 1. The summed E-state index contributed by atoms with van der Waals surface area (Å²) in [6.07, 6.45) is 3.83. The molecule has 148 valence electrons. The molecule has 0 bridgehead atoms. The second kappa shape index (κ2) is 8.99. The number of hydrogen-bond donors (Lipinski definition) is 2. The van der Waals surface area contributed by atoms with E-state index in [4.69, 9.17) is 0 Å². The minimum Gasteiger partial charge on any atom is -0.390 e. The predicted octanol–water partition coefficient (Wildman–Crippen LogP) is 2.90. The highest BCUT2D eigenvalue weighted by atomic mass is 16.3. The zero-order valence-electron chi connectivity index (χ0n) is 16.3. The van der Waals surface area contributed by atoms with E-state index in [9.17, 15) is 9.90 Å². The first kappa shape index (κ1) is 19.3. The van der Waals surface area contributed by atoms with E-state index in [1.54, 1.807) is 18.5 Å². The quantitative estimate of drug-likeness (QED) is 0.683. The lowest BCUT2D eigenvalue weighted by atomic mass is 9.99. The van der Waals surface area contributed by atoms with E-state index >= 15 is 0 Å². The fourth-order valence-corrected chi connectivity index (χ4v) is 3.83. The van der Waals surface area contributed by atoms with Crippen LogP contribution < -0.4 is 5.32 Å². The van der Waals surface area contributed by atoms with Gasteiger partial charge in [0.05, 0.1) is 6.10 Å². The molecule has 2 N–H and O–H groups in total. The number of aliphatic hydroxyl groups excluding tert-OH is 1. The Morgan fingerprint density at radius 3 is 2.69 bits per heavy atom. The van der Waals surface area contributed by atoms with Crippen LogP contribution in [0.2, 0.25) is 0 Å². The van der Waals surface area contributed by atoms with Crippen LogP contribution in [0.5, 0.6) is 0 Å². The number of carbonyl (C=O) groups excluding carboxylic acids is 1. The van der Waals surface area contributed by atoms with Gasteiger partial charge in [0.1, 0.15) is 0 Å². The zero-order valence-corrected chi connectivity index (χ0v) is 16.3. The Labute approximate surface area is 171 Å². The number of nitrogens with one attached hydrogen (secondary N) is 1. The summed E-state index contributed by atoms with van der Waals surface area (Å²) in [5.41, 5.74) is 5.02. The maximum absolute atomic E-state index is 12.7. The van der Waals surface area contributed by atoms with Crippen molar-refractivity contribution in [1.82, 2.24) is 15.2 Å². The van der Waals surface area contributed by atoms with Gasteiger partial charge in [0.2, 0.25) is 0 Å². The third-order valence-electron chi connectivity index (χ3n) is 5.32. The minimum atomic E-state index is -0.616. The number of pyridine rings is 1. The maximum atomic E-state index is 12.7. The van der Waals surface area contributed by atoms with Gasteiger partial charge in [0, 0.05) is 49.7 Å². The smallest absolute Gasteiger partial charge is 0.252 e. The van der Waals surface area contributed by atoms with E-state index < -0.39 is 6.10 Å². The van der Waals surface area contributed by atoms with Crippen LogP contribution in [0.3, 0.4) is 0 Å². The Morgan fingerprint density at radius 1 is 1.07 bits per heavy atom. The van der Waals surface area contributed by atoms with Gasteiger partial charge >= 0.3 is 0 Å². The summed E-state index contributed by atoms with van der Waals surface area (Å²) in [5, 5.41) is 13.3. The first-order valence-electron chi connectivity index (χ1n) is 9.95. The summed E-state index contributed by atoms with van der Waals surface area (Å²) >= 11 is 0. The van der Waals surface area contributed by atoms with Gasteiger partial charge in [-0.05, 0) is 35.2 Å². The van der Waals surface area contributed by atoms with Crippen LogP contribution in [0.15, 0.2) is 73.1 Å². The number of rotatable bonds is 6. The summed E-state index contributed by atoms with van der Waals surface area (Å²) in [7, 11) is 0. The molecule has 2 heterocycles. The third-order valence-corrected chi connectivity index (χ3v) is 5.32. The molecule has 0 aliphatic carbocycles. The zero-order chi connectivity index (χ0) is 20.1. The molecular weight excluding hydrogens is 362 g/mol. The van der Waals surface area contributed by atoms with Gasteiger partial charge in [-0.1, -0.05) is 48.5 Å². The fourth-order valence-electron chi connectivity index (χ4n) is 3.83. The van der Waals surface area contributed by atoms with E-state index in [0.29, 0.717) is 12.1 Å². The van der Waals surface area contributed by atoms with Crippen molar-refractivity contribution in [3.8, 4) is 11.1 Å². The Kier molecular flexibility index (Phi) is 5.98. The lowest BCUT2D eigenvalue weighted by Gasteiger charge is -2.30. The van der Waals surface area contributed by atoms with Crippen LogP contribution >= 0.6 is 0 Å². The largest absolute Gasteiger partial charge is 0.390 e. The first-order valence-corrected chi connectivity index (χ1v) is 9.95. The van der Waals surface area contributed by atoms with Gasteiger partial charge in [-0.25, -0.2) is 0 Å². The van der Waals surface area contributed by atoms with Crippen LogP contribution in [0, 0.1) is 0 Å². The van der Waals surface area contributed by atoms with Crippen LogP contribution in [-0.4, -0.2) is 46.6 Å². The number of amides is 1. The van der Waals surface area contributed by atoms with Crippen molar-refractivity contribution < 1.29 is 9.90 Å². The number of nitrogens with zero attached hydrogens (tertiary/aromatic N) is 2. The van der Waals surface area contributed by atoms with Crippen LogP contribution in [0.4, 0.5) is 0 Å². The average molecular weight is 387 g/mol. The molecule has 1 aliphatic rings. The summed E-state index contributed by atoms with van der Waals surface area (Å²) < 4.78 is 0. The number of hydrogen-bond acceptors (Lipinski definition) is 4. The number of fused-ring (bicyclic) bond motifs is 1. The molecule has 5 heteroatoms.